The second-order valence-electron chi connectivity index (χ2n) is 4.18. The van der Waals surface area contributed by atoms with Crippen molar-refractivity contribution in [3.63, 3.8) is 0 Å². The number of aromatic nitrogens is 1. The summed E-state index contributed by atoms with van der Waals surface area (Å²) in [6.45, 7) is 1.71. The zero-order valence-corrected chi connectivity index (χ0v) is 11.1. The van der Waals surface area contributed by atoms with E-state index in [-0.39, 0.29) is 17.5 Å². The van der Waals surface area contributed by atoms with E-state index < -0.39 is 23.5 Å². The number of ketones is 2. The first-order valence-electron chi connectivity index (χ1n) is 5.95. The molecule has 1 atom stereocenters. The number of Topliss-reactive ketones (excluding diaryl/α,β-unsaturated/α-hetero) is 2. The van der Waals surface area contributed by atoms with Gasteiger partial charge >= 0.3 is 5.97 Å². The highest BCUT2D eigenvalue weighted by Crippen LogP contribution is 2.26. The minimum absolute atomic E-state index is 0.103. The van der Waals surface area contributed by atoms with Crippen LogP contribution in [0.1, 0.15) is 29.4 Å². The lowest BCUT2D eigenvalue weighted by molar-refractivity contribution is -0.154. The summed E-state index contributed by atoms with van der Waals surface area (Å²) in [5, 5.41) is 0.191. The van der Waals surface area contributed by atoms with Crippen molar-refractivity contribution in [2.24, 2.45) is 5.92 Å². The molecular weight excluding hydrogens is 270 g/mol. The minimum Gasteiger partial charge on any atom is -0.460 e. The van der Waals surface area contributed by atoms with Gasteiger partial charge in [-0.1, -0.05) is 17.7 Å². The van der Waals surface area contributed by atoms with Gasteiger partial charge in [0.25, 0.3) is 5.78 Å². The molecule has 5 nitrogen and oxygen atoms in total. The van der Waals surface area contributed by atoms with Gasteiger partial charge in [0.2, 0.25) is 0 Å². The highest BCUT2D eigenvalue weighted by Gasteiger charge is 2.37. The van der Waals surface area contributed by atoms with E-state index in [1.54, 1.807) is 19.1 Å². The molecule has 1 heterocycles. The minimum atomic E-state index is -1.00. The van der Waals surface area contributed by atoms with Gasteiger partial charge in [-0.2, -0.15) is 0 Å². The van der Waals surface area contributed by atoms with Crippen LogP contribution in [0.4, 0.5) is 0 Å². The van der Waals surface area contributed by atoms with Crippen LogP contribution >= 0.6 is 11.6 Å². The Morgan fingerprint density at radius 1 is 1.47 bits per heavy atom. The first-order chi connectivity index (χ1) is 9.04. The van der Waals surface area contributed by atoms with Gasteiger partial charge in [0.05, 0.1) is 12.5 Å². The van der Waals surface area contributed by atoms with Crippen molar-refractivity contribution < 1.29 is 19.1 Å². The summed E-state index contributed by atoms with van der Waals surface area (Å²) in [5.41, 5.74) is 0.934. The topological polar surface area (TPSA) is 73.3 Å². The number of hydrogen-bond acceptors (Lipinski definition) is 5. The van der Waals surface area contributed by atoms with E-state index >= 15 is 0 Å². The summed E-state index contributed by atoms with van der Waals surface area (Å²) < 4.78 is 4.63. The third-order valence-electron chi connectivity index (χ3n) is 2.99. The molecule has 1 aromatic heterocycles. The van der Waals surface area contributed by atoms with Crippen LogP contribution in [0.25, 0.3) is 0 Å². The molecule has 1 aliphatic rings. The van der Waals surface area contributed by atoms with E-state index in [1.165, 1.54) is 0 Å². The average molecular weight is 282 g/mol. The molecule has 0 fully saturated rings. The molecule has 1 unspecified atom stereocenters. The molecule has 6 heteroatoms. The average Bonchev–Trinajstić information content (AvgIpc) is 2.39. The molecule has 0 bridgehead atoms. The molecule has 0 saturated heterocycles. The molecule has 100 valence electrons. The van der Waals surface area contributed by atoms with E-state index in [2.05, 4.69) is 9.72 Å². The van der Waals surface area contributed by atoms with Crippen LogP contribution in [0, 0.1) is 5.92 Å². The Hall–Kier alpha value is -1.75. The molecule has 19 heavy (non-hydrogen) atoms. The lowest BCUT2D eigenvalue weighted by Gasteiger charge is -2.20. The molecule has 0 N–H and O–H groups in total. The fourth-order valence-electron chi connectivity index (χ4n) is 2.07. The van der Waals surface area contributed by atoms with Crippen molar-refractivity contribution in [3.8, 4) is 0 Å². The number of esters is 1. The van der Waals surface area contributed by atoms with Crippen molar-refractivity contribution in [1.82, 2.24) is 4.98 Å². The Balaban J connectivity index is 2.26. The Morgan fingerprint density at radius 2 is 2.21 bits per heavy atom. The van der Waals surface area contributed by atoms with Gasteiger partial charge in [-0.25, -0.2) is 9.78 Å². The molecule has 0 aromatic carbocycles. The van der Waals surface area contributed by atoms with Gasteiger partial charge in [-0.3, -0.25) is 9.59 Å². The second kappa shape index (κ2) is 5.48. The number of pyridine rings is 1. The lowest BCUT2D eigenvalue weighted by Crippen LogP contribution is -2.35. The summed E-state index contributed by atoms with van der Waals surface area (Å²) in [6.07, 6.45) is 0.813. The number of carbonyl (C=O) groups is 3. The summed E-state index contributed by atoms with van der Waals surface area (Å²) in [6, 6.07) is 3.31. The summed E-state index contributed by atoms with van der Waals surface area (Å²) >= 11 is 5.74. The first-order valence-corrected chi connectivity index (χ1v) is 6.33. The van der Waals surface area contributed by atoms with Gasteiger partial charge in [0, 0.05) is 0 Å². The maximum Gasteiger partial charge on any atom is 0.375 e. The molecule has 1 aromatic rings. The van der Waals surface area contributed by atoms with E-state index in [0.717, 1.165) is 5.56 Å². The van der Waals surface area contributed by atoms with Crippen LogP contribution in [-0.4, -0.2) is 29.1 Å². The van der Waals surface area contributed by atoms with E-state index in [1.807, 2.05) is 0 Å². The highest BCUT2D eigenvalue weighted by molar-refractivity contribution is 6.39. The number of hydrogen-bond donors (Lipinski definition) is 0. The molecule has 0 aliphatic heterocycles. The van der Waals surface area contributed by atoms with E-state index in [4.69, 9.17) is 11.6 Å². The van der Waals surface area contributed by atoms with Gasteiger partial charge in [0.15, 0.2) is 5.78 Å². The fraction of sp³-hybridized carbons (Fsp3) is 0.385. The highest BCUT2D eigenvalue weighted by atomic mass is 35.5. The number of carbonyl (C=O) groups excluding carboxylic acids is 3. The van der Waals surface area contributed by atoms with Crippen LogP contribution < -0.4 is 0 Å². The third kappa shape index (κ3) is 2.66. The first kappa shape index (κ1) is 13.7. The molecule has 1 aliphatic carbocycles. The Bertz CT molecular complexity index is 556. The Labute approximate surface area is 114 Å². The second-order valence-corrected chi connectivity index (χ2v) is 4.57. The summed E-state index contributed by atoms with van der Waals surface area (Å²) in [4.78, 5) is 39.3. The zero-order valence-electron chi connectivity index (χ0n) is 10.3. The Morgan fingerprint density at radius 3 is 2.89 bits per heavy atom. The third-order valence-corrected chi connectivity index (χ3v) is 3.20. The number of ether oxygens (including phenoxy) is 1. The number of fused-ring (bicyclic) bond motifs is 1. The maximum atomic E-state index is 12.2. The van der Waals surface area contributed by atoms with Gasteiger partial charge in [-0.15, -0.1) is 0 Å². The number of nitrogens with zero attached hydrogens (tertiary/aromatic N) is 1. The van der Waals surface area contributed by atoms with E-state index in [0.29, 0.717) is 12.8 Å². The van der Waals surface area contributed by atoms with Crippen molar-refractivity contribution in [2.45, 2.75) is 19.8 Å². The summed E-state index contributed by atoms with van der Waals surface area (Å²) in [7, 11) is 0. The normalized spacial score (nSPS) is 17.8. The van der Waals surface area contributed by atoms with E-state index in [9.17, 15) is 14.4 Å². The smallest absolute Gasteiger partial charge is 0.375 e. The molecule has 0 saturated carbocycles. The largest absolute Gasteiger partial charge is 0.460 e. The van der Waals surface area contributed by atoms with Crippen LogP contribution in [0.5, 0.6) is 0 Å². The monoisotopic (exact) mass is 281 g/mol. The Kier molecular flexibility index (Phi) is 3.95. The van der Waals surface area contributed by atoms with Crippen molar-refractivity contribution in [1.29, 1.82) is 0 Å². The molecule has 0 radical (unpaired) electrons. The van der Waals surface area contributed by atoms with Crippen molar-refractivity contribution in [3.05, 3.63) is 28.5 Å². The zero-order chi connectivity index (χ0) is 14.0. The van der Waals surface area contributed by atoms with Crippen molar-refractivity contribution in [2.75, 3.05) is 6.61 Å². The molecular formula is C13H12ClNO4. The van der Waals surface area contributed by atoms with Gasteiger partial charge in [-0.05, 0) is 31.4 Å². The molecule has 0 spiro atoms. The number of aryl methyl sites for hydroxylation is 1. The SMILES string of the molecule is CCOC(=O)C(=O)C1CCc2ccc(Cl)nc2C1=O. The van der Waals surface area contributed by atoms with Crippen LogP contribution in [0.3, 0.4) is 0 Å². The van der Waals surface area contributed by atoms with Gasteiger partial charge < -0.3 is 4.74 Å². The standard InChI is InChI=1S/C13H12ClNO4/c1-2-19-13(18)12(17)8-5-3-7-4-6-9(14)15-10(7)11(8)16/h4,6,8H,2-3,5H2,1H3. The van der Waals surface area contributed by atoms with Crippen LogP contribution in [0.2, 0.25) is 5.15 Å². The van der Waals surface area contributed by atoms with Gasteiger partial charge in [0.1, 0.15) is 10.8 Å². The number of halogens is 1. The summed E-state index contributed by atoms with van der Waals surface area (Å²) in [5.74, 6) is -3.23. The predicted molar refractivity (Wildman–Crippen MR) is 67.0 cm³/mol. The lowest BCUT2D eigenvalue weighted by atomic mass is 9.83. The molecule has 0 amide bonds. The fourth-order valence-corrected chi connectivity index (χ4v) is 2.22. The van der Waals surface area contributed by atoms with Crippen molar-refractivity contribution >= 4 is 29.1 Å². The number of rotatable bonds is 3. The predicted octanol–water partition coefficient (Wildman–Crippen LogP) is 1.61. The maximum absolute atomic E-state index is 12.2. The van der Waals surface area contributed by atoms with Crippen LogP contribution in [0.15, 0.2) is 12.1 Å². The quantitative estimate of drug-likeness (QED) is 0.364. The molecule has 2 rings (SSSR count). The van der Waals surface area contributed by atoms with Crippen LogP contribution in [-0.2, 0) is 20.7 Å².